The molecule has 3 rings (SSSR count). The van der Waals surface area contributed by atoms with Crippen LogP contribution < -0.4 is 5.32 Å². The van der Waals surface area contributed by atoms with Gasteiger partial charge in [-0.3, -0.25) is 9.59 Å². The summed E-state index contributed by atoms with van der Waals surface area (Å²) < 4.78 is 40.6. The van der Waals surface area contributed by atoms with E-state index in [1.165, 1.54) is 13.8 Å². The summed E-state index contributed by atoms with van der Waals surface area (Å²) >= 11 is 0.729. The first-order valence-corrected chi connectivity index (χ1v) is 8.95. The number of halogens is 3. The van der Waals surface area contributed by atoms with Crippen LogP contribution in [-0.2, 0) is 20.8 Å². The van der Waals surface area contributed by atoms with Gasteiger partial charge in [-0.25, -0.2) is 4.79 Å². The maximum absolute atomic E-state index is 13.9. The van der Waals surface area contributed by atoms with Crippen molar-refractivity contribution in [1.29, 1.82) is 0 Å². The number of carbonyl (C=O) groups excluding carboxylic acids is 2. The van der Waals surface area contributed by atoms with Gasteiger partial charge in [0.1, 0.15) is 11.4 Å². The highest BCUT2D eigenvalue weighted by molar-refractivity contribution is 8.01. The number of carboxylic acid groups (broad SMARTS) is 1. The molecule has 6 nitrogen and oxygen atoms in total. The molecular formula is C17H17F3N2O4S. The van der Waals surface area contributed by atoms with Gasteiger partial charge in [-0.1, -0.05) is 30.3 Å². The zero-order chi connectivity index (χ0) is 20.2. The molecule has 1 aromatic rings. The van der Waals surface area contributed by atoms with Crippen molar-refractivity contribution < 1.29 is 32.7 Å². The van der Waals surface area contributed by atoms with Crippen LogP contribution in [0.25, 0.3) is 0 Å². The number of nitrogens with zero attached hydrogens (tertiary/aromatic N) is 1. The number of hydrogen-bond acceptors (Lipinski definition) is 4. The van der Waals surface area contributed by atoms with Crippen LogP contribution >= 0.6 is 11.8 Å². The molecule has 2 fully saturated rings. The van der Waals surface area contributed by atoms with Gasteiger partial charge < -0.3 is 15.3 Å². The summed E-state index contributed by atoms with van der Waals surface area (Å²) in [6.45, 7) is 2.93. The minimum absolute atomic E-state index is 0.324. The van der Waals surface area contributed by atoms with Crippen LogP contribution in [0.2, 0.25) is 0 Å². The smallest absolute Gasteiger partial charge is 0.423 e. The molecule has 2 aliphatic rings. The van der Waals surface area contributed by atoms with Gasteiger partial charge in [-0.15, -0.1) is 11.8 Å². The van der Waals surface area contributed by atoms with Crippen molar-refractivity contribution in [3.05, 3.63) is 35.9 Å². The molecule has 2 N–H and O–H groups in total. The summed E-state index contributed by atoms with van der Waals surface area (Å²) in [6.07, 6.45) is -5.39. The minimum Gasteiger partial charge on any atom is -0.480 e. The monoisotopic (exact) mass is 402 g/mol. The molecule has 0 bridgehead atoms. The van der Waals surface area contributed by atoms with E-state index >= 15 is 0 Å². The van der Waals surface area contributed by atoms with Crippen molar-refractivity contribution >= 4 is 29.5 Å². The van der Waals surface area contributed by atoms with Gasteiger partial charge in [0, 0.05) is 4.75 Å². The number of fused-ring (bicyclic) bond motifs is 1. The molecule has 0 spiro atoms. The average molecular weight is 402 g/mol. The summed E-state index contributed by atoms with van der Waals surface area (Å²) in [6, 6.07) is 6.76. The van der Waals surface area contributed by atoms with Crippen LogP contribution in [0.4, 0.5) is 13.2 Å². The zero-order valence-electron chi connectivity index (χ0n) is 14.4. The number of rotatable bonds is 4. The average Bonchev–Trinajstić information content (AvgIpc) is 2.81. The third-order valence-corrected chi connectivity index (χ3v) is 6.41. The summed E-state index contributed by atoms with van der Waals surface area (Å²) in [5, 5.41) is 9.70. The van der Waals surface area contributed by atoms with Crippen molar-refractivity contribution in [1.82, 2.24) is 10.2 Å². The highest BCUT2D eigenvalue weighted by atomic mass is 32.2. The van der Waals surface area contributed by atoms with Crippen molar-refractivity contribution in [2.24, 2.45) is 0 Å². The van der Waals surface area contributed by atoms with Crippen molar-refractivity contribution in [2.45, 2.75) is 48.1 Å². The summed E-state index contributed by atoms with van der Waals surface area (Å²) in [4.78, 5) is 37.0. The van der Waals surface area contributed by atoms with Gasteiger partial charge in [0.15, 0.2) is 0 Å². The molecule has 0 radical (unpaired) electrons. The normalized spacial score (nSPS) is 29.1. The van der Waals surface area contributed by atoms with E-state index < -0.39 is 45.7 Å². The number of carbonyl (C=O) groups is 3. The second-order valence-electron chi connectivity index (χ2n) is 7.04. The molecule has 2 amide bonds. The topological polar surface area (TPSA) is 86.7 Å². The lowest BCUT2D eigenvalue weighted by Crippen LogP contribution is -2.84. The Morgan fingerprint density at radius 1 is 1.26 bits per heavy atom. The van der Waals surface area contributed by atoms with Crippen LogP contribution in [0.5, 0.6) is 0 Å². The number of carboxylic acids is 1. The number of alkyl halides is 3. The number of amides is 2. The van der Waals surface area contributed by atoms with Crippen molar-refractivity contribution in [3.8, 4) is 0 Å². The third-order valence-electron chi connectivity index (χ3n) is 4.77. The number of hydrogen-bond donors (Lipinski definition) is 2. The summed E-state index contributed by atoms with van der Waals surface area (Å²) in [5.41, 5.74) is -2.62. The second kappa shape index (κ2) is 6.15. The van der Waals surface area contributed by atoms with Gasteiger partial charge in [-0.05, 0) is 19.4 Å². The van der Waals surface area contributed by atoms with Gasteiger partial charge in [-0.2, -0.15) is 13.2 Å². The Morgan fingerprint density at radius 2 is 1.85 bits per heavy atom. The highest BCUT2D eigenvalue weighted by Gasteiger charge is 2.81. The number of nitrogens with one attached hydrogen (secondary N) is 1. The molecule has 2 heterocycles. The Balaban J connectivity index is 1.91. The molecule has 10 heteroatoms. The van der Waals surface area contributed by atoms with E-state index in [0.717, 1.165) is 11.8 Å². The van der Waals surface area contributed by atoms with Crippen LogP contribution in [0.15, 0.2) is 30.3 Å². The predicted molar refractivity (Wildman–Crippen MR) is 90.8 cm³/mol. The van der Waals surface area contributed by atoms with Gasteiger partial charge in [0.05, 0.1) is 6.42 Å². The fourth-order valence-electron chi connectivity index (χ4n) is 3.55. The van der Waals surface area contributed by atoms with Gasteiger partial charge in [0.25, 0.3) is 5.91 Å². The van der Waals surface area contributed by atoms with E-state index in [1.54, 1.807) is 30.3 Å². The summed E-state index contributed by atoms with van der Waals surface area (Å²) in [5.74, 6) is -3.77. The lowest BCUT2D eigenvalue weighted by atomic mass is 9.83. The number of benzene rings is 1. The van der Waals surface area contributed by atoms with Crippen LogP contribution in [0, 0.1) is 0 Å². The maximum Gasteiger partial charge on any atom is 0.423 e. The number of β-lactam (4-membered cyclic amide) rings is 1. The number of aliphatic carboxylic acids is 1. The van der Waals surface area contributed by atoms with Gasteiger partial charge in [0.2, 0.25) is 11.4 Å². The largest absolute Gasteiger partial charge is 0.480 e. The summed E-state index contributed by atoms with van der Waals surface area (Å²) in [7, 11) is 0. The van der Waals surface area contributed by atoms with E-state index in [1.807, 2.05) is 5.32 Å². The third kappa shape index (κ3) is 2.86. The molecule has 1 aromatic carbocycles. The fourth-order valence-corrected chi connectivity index (χ4v) is 5.27. The van der Waals surface area contributed by atoms with Crippen molar-refractivity contribution in [3.63, 3.8) is 0 Å². The molecule has 0 aliphatic carbocycles. The SMILES string of the molecule is CC1(C)S[C@H]2N(C(=O)[C@@]2(NC(=O)Cc2ccccc2)C(F)(F)F)[C@H]1C(=O)O. The van der Waals surface area contributed by atoms with E-state index in [2.05, 4.69) is 0 Å². The number of thioether (sulfide) groups is 1. The predicted octanol–water partition coefficient (Wildman–Crippen LogP) is 1.79. The molecule has 0 saturated carbocycles. The Kier molecular flexibility index (Phi) is 4.45. The quantitative estimate of drug-likeness (QED) is 0.750. The Labute approximate surface area is 157 Å². The zero-order valence-corrected chi connectivity index (χ0v) is 15.2. The standard InChI is InChI=1S/C17H17F3N2O4S/c1-15(2)11(12(24)25)22-13(26)16(14(22)27-15,17(18,19)20)21-10(23)8-9-6-4-3-5-7-9/h3-7,11,14H,8H2,1-2H3,(H,21,23)(H,24,25)/t11-,14+,16-/m0/s1. The Morgan fingerprint density at radius 3 is 2.37 bits per heavy atom. The van der Waals surface area contributed by atoms with Crippen LogP contribution in [-0.4, -0.2) is 55.7 Å². The van der Waals surface area contributed by atoms with E-state index in [0.29, 0.717) is 10.5 Å². The first-order valence-electron chi connectivity index (χ1n) is 8.07. The Hall–Kier alpha value is -2.23. The molecule has 2 saturated heterocycles. The van der Waals surface area contributed by atoms with E-state index in [9.17, 15) is 32.7 Å². The first-order chi connectivity index (χ1) is 12.4. The lowest BCUT2D eigenvalue weighted by molar-refractivity contribution is -0.238. The molecule has 0 unspecified atom stereocenters. The molecule has 3 atom stereocenters. The maximum atomic E-state index is 13.9. The van der Waals surface area contributed by atoms with Gasteiger partial charge >= 0.3 is 12.1 Å². The van der Waals surface area contributed by atoms with E-state index in [-0.39, 0.29) is 6.42 Å². The molecule has 27 heavy (non-hydrogen) atoms. The van der Waals surface area contributed by atoms with Crippen LogP contribution in [0.1, 0.15) is 19.4 Å². The van der Waals surface area contributed by atoms with Crippen LogP contribution in [0.3, 0.4) is 0 Å². The first kappa shape index (κ1) is 19.5. The highest BCUT2D eigenvalue weighted by Crippen LogP contribution is 2.59. The fraction of sp³-hybridized carbons (Fsp3) is 0.471. The molecule has 146 valence electrons. The molecular weight excluding hydrogens is 385 g/mol. The second-order valence-corrected chi connectivity index (χ2v) is 8.78. The van der Waals surface area contributed by atoms with Crippen molar-refractivity contribution in [2.75, 3.05) is 0 Å². The Bertz CT molecular complexity index is 799. The molecule has 2 aliphatic heterocycles. The lowest BCUT2D eigenvalue weighted by Gasteiger charge is -2.53. The minimum atomic E-state index is -5.06. The molecule has 0 aromatic heterocycles. The van der Waals surface area contributed by atoms with E-state index in [4.69, 9.17) is 0 Å².